The van der Waals surface area contributed by atoms with Gasteiger partial charge in [-0.1, -0.05) is 25.3 Å². The van der Waals surface area contributed by atoms with Crippen molar-refractivity contribution in [2.45, 2.75) is 33.2 Å². The lowest BCUT2D eigenvalue weighted by Crippen LogP contribution is -2.46. The van der Waals surface area contributed by atoms with Gasteiger partial charge in [-0.15, -0.1) is 5.10 Å². The minimum atomic E-state index is -0.122. The fourth-order valence-corrected chi connectivity index (χ4v) is 3.58. The van der Waals surface area contributed by atoms with Gasteiger partial charge in [0, 0.05) is 33.1 Å². The Morgan fingerprint density at radius 3 is 2.65 bits per heavy atom. The van der Waals surface area contributed by atoms with Crippen LogP contribution in [0, 0.1) is 11.8 Å². The number of hydrogen-bond donors (Lipinski definition) is 1. The third-order valence-corrected chi connectivity index (χ3v) is 5.06. The van der Waals surface area contributed by atoms with Gasteiger partial charge in [-0.2, -0.15) is 0 Å². The molecule has 0 spiro atoms. The Morgan fingerprint density at radius 2 is 2.09 bits per heavy atom. The molecule has 2 rings (SSSR count). The molecule has 8 heteroatoms. The first-order valence-electron chi connectivity index (χ1n) is 7.93. The molecule has 1 aliphatic heterocycles. The highest BCUT2D eigenvalue weighted by molar-refractivity contribution is 7.08. The van der Waals surface area contributed by atoms with Gasteiger partial charge in [-0.3, -0.25) is 4.79 Å². The number of nitrogens with zero attached hydrogens (tertiary/aromatic N) is 4. The van der Waals surface area contributed by atoms with E-state index in [1.807, 2.05) is 11.8 Å². The van der Waals surface area contributed by atoms with E-state index in [1.165, 1.54) is 4.90 Å². The van der Waals surface area contributed by atoms with Crippen LogP contribution in [0.1, 0.15) is 36.1 Å². The first-order valence-corrected chi connectivity index (χ1v) is 8.70. The van der Waals surface area contributed by atoms with Crippen LogP contribution in [0.2, 0.25) is 0 Å². The second-order valence-corrected chi connectivity index (χ2v) is 7.22. The number of rotatable bonds is 4. The molecular formula is C15H25N5O2S. The maximum atomic E-state index is 12.8. The van der Waals surface area contributed by atoms with Gasteiger partial charge in [0.2, 0.25) is 0 Å². The molecule has 2 unspecified atom stereocenters. The van der Waals surface area contributed by atoms with Gasteiger partial charge in [0.25, 0.3) is 5.91 Å². The largest absolute Gasteiger partial charge is 0.335 e. The number of carbonyl (C=O) groups is 2. The van der Waals surface area contributed by atoms with Crippen LogP contribution in [-0.4, -0.2) is 64.6 Å². The summed E-state index contributed by atoms with van der Waals surface area (Å²) in [5.74, 6) is 0.600. The maximum Gasteiger partial charge on any atom is 0.317 e. The average Bonchev–Trinajstić information content (AvgIpc) is 3.12. The van der Waals surface area contributed by atoms with E-state index in [0.29, 0.717) is 30.3 Å². The van der Waals surface area contributed by atoms with Crippen molar-refractivity contribution in [2.24, 2.45) is 11.8 Å². The third kappa shape index (κ3) is 3.80. The van der Waals surface area contributed by atoms with Gasteiger partial charge in [-0.05, 0) is 23.9 Å². The monoisotopic (exact) mass is 339 g/mol. The summed E-state index contributed by atoms with van der Waals surface area (Å²) in [7, 11) is 3.43. The summed E-state index contributed by atoms with van der Waals surface area (Å²) in [5.41, 5.74) is 0.752. The molecular weight excluding hydrogens is 314 g/mol. The smallest absolute Gasteiger partial charge is 0.317 e. The maximum absolute atomic E-state index is 12.8. The lowest BCUT2D eigenvalue weighted by Gasteiger charge is -2.24. The summed E-state index contributed by atoms with van der Waals surface area (Å²) in [6, 6.07) is -0.150. The SMILES string of the molecule is CCc1nnsc1C(=O)N1CC(NC(=O)N(C)C)C(C(C)C)C1. The van der Waals surface area contributed by atoms with Crippen molar-refractivity contribution in [2.75, 3.05) is 27.2 Å². The summed E-state index contributed by atoms with van der Waals surface area (Å²) in [6.45, 7) is 7.39. The number of urea groups is 1. The Hall–Kier alpha value is -1.70. The number of aryl methyl sites for hydroxylation is 1. The standard InChI is InChI=1S/C15H25N5O2S/c1-6-11-13(23-18-17-11)14(21)20-7-10(9(2)3)12(8-20)16-15(22)19(4)5/h9-10,12H,6-8H2,1-5H3,(H,16,22). The van der Waals surface area contributed by atoms with Crippen molar-refractivity contribution in [3.63, 3.8) is 0 Å². The Labute approximate surface area is 141 Å². The highest BCUT2D eigenvalue weighted by atomic mass is 32.1. The molecule has 0 bridgehead atoms. The first-order chi connectivity index (χ1) is 10.8. The van der Waals surface area contributed by atoms with Crippen molar-refractivity contribution < 1.29 is 9.59 Å². The van der Waals surface area contributed by atoms with Crippen LogP contribution in [-0.2, 0) is 6.42 Å². The minimum absolute atomic E-state index is 0.0240. The van der Waals surface area contributed by atoms with E-state index in [1.54, 1.807) is 14.1 Å². The predicted octanol–water partition coefficient (Wildman–Crippen LogP) is 1.47. The zero-order chi connectivity index (χ0) is 17.1. The molecule has 23 heavy (non-hydrogen) atoms. The van der Waals surface area contributed by atoms with Crippen molar-refractivity contribution >= 4 is 23.5 Å². The fraction of sp³-hybridized carbons (Fsp3) is 0.733. The zero-order valence-electron chi connectivity index (χ0n) is 14.4. The van der Waals surface area contributed by atoms with Crippen LogP contribution in [0.3, 0.4) is 0 Å². The Morgan fingerprint density at radius 1 is 1.39 bits per heavy atom. The fourth-order valence-electron chi connectivity index (χ4n) is 2.86. The van der Waals surface area contributed by atoms with Crippen molar-refractivity contribution in [3.05, 3.63) is 10.6 Å². The van der Waals surface area contributed by atoms with E-state index in [2.05, 4.69) is 28.8 Å². The molecule has 3 amide bonds. The molecule has 0 radical (unpaired) electrons. The van der Waals surface area contributed by atoms with Gasteiger partial charge in [0.15, 0.2) is 0 Å². The number of amides is 3. The van der Waals surface area contributed by atoms with Crippen LogP contribution in [0.15, 0.2) is 0 Å². The second kappa shape index (κ2) is 7.25. The van der Waals surface area contributed by atoms with E-state index >= 15 is 0 Å². The Bertz CT molecular complexity index is 572. The van der Waals surface area contributed by atoms with Crippen molar-refractivity contribution in [1.82, 2.24) is 24.7 Å². The van der Waals surface area contributed by atoms with E-state index < -0.39 is 0 Å². The molecule has 0 aliphatic carbocycles. The molecule has 1 saturated heterocycles. The second-order valence-electron chi connectivity index (χ2n) is 6.47. The van der Waals surface area contributed by atoms with Gasteiger partial charge < -0.3 is 15.1 Å². The summed E-state index contributed by atoms with van der Waals surface area (Å²) in [6.07, 6.45) is 0.694. The van der Waals surface area contributed by atoms with Crippen LogP contribution in [0.5, 0.6) is 0 Å². The molecule has 1 fully saturated rings. The number of aromatic nitrogens is 2. The van der Waals surface area contributed by atoms with Crippen LogP contribution in [0.4, 0.5) is 4.79 Å². The number of likely N-dealkylation sites (tertiary alicyclic amines) is 1. The van der Waals surface area contributed by atoms with E-state index in [9.17, 15) is 9.59 Å². The number of nitrogens with one attached hydrogen (secondary N) is 1. The summed E-state index contributed by atoms with van der Waals surface area (Å²) in [5, 5.41) is 7.05. The van der Waals surface area contributed by atoms with Crippen molar-refractivity contribution in [3.8, 4) is 0 Å². The molecule has 2 atom stereocenters. The van der Waals surface area contributed by atoms with E-state index in [0.717, 1.165) is 17.2 Å². The van der Waals surface area contributed by atoms with Gasteiger partial charge in [-0.25, -0.2) is 4.79 Å². The van der Waals surface area contributed by atoms with Crippen LogP contribution < -0.4 is 5.32 Å². The molecule has 1 N–H and O–H groups in total. The lowest BCUT2D eigenvalue weighted by atomic mass is 9.91. The van der Waals surface area contributed by atoms with E-state index in [-0.39, 0.29) is 23.9 Å². The summed E-state index contributed by atoms with van der Waals surface area (Å²) < 4.78 is 3.90. The van der Waals surface area contributed by atoms with Crippen LogP contribution in [0.25, 0.3) is 0 Å². The number of carbonyl (C=O) groups excluding carboxylic acids is 2. The first kappa shape index (κ1) is 17.7. The average molecular weight is 339 g/mol. The molecule has 1 aromatic rings. The van der Waals surface area contributed by atoms with Gasteiger partial charge in [0.1, 0.15) is 4.88 Å². The topological polar surface area (TPSA) is 78.4 Å². The highest BCUT2D eigenvalue weighted by Gasteiger charge is 2.39. The Balaban J connectivity index is 2.13. The normalized spacial score (nSPS) is 20.9. The summed E-state index contributed by atoms with van der Waals surface area (Å²) >= 11 is 1.15. The van der Waals surface area contributed by atoms with Gasteiger partial charge in [0.05, 0.1) is 11.7 Å². The van der Waals surface area contributed by atoms with Crippen LogP contribution >= 0.6 is 11.5 Å². The zero-order valence-corrected chi connectivity index (χ0v) is 15.2. The quantitative estimate of drug-likeness (QED) is 0.901. The third-order valence-electron chi connectivity index (χ3n) is 4.31. The van der Waals surface area contributed by atoms with E-state index in [4.69, 9.17) is 0 Å². The summed E-state index contributed by atoms with van der Waals surface area (Å²) in [4.78, 5) is 28.7. The predicted molar refractivity (Wildman–Crippen MR) is 89.5 cm³/mol. The van der Waals surface area contributed by atoms with Crippen molar-refractivity contribution in [1.29, 1.82) is 0 Å². The molecule has 0 saturated carbocycles. The highest BCUT2D eigenvalue weighted by Crippen LogP contribution is 2.27. The molecule has 0 aromatic carbocycles. The molecule has 128 valence electrons. The lowest BCUT2D eigenvalue weighted by molar-refractivity contribution is 0.0786. The molecule has 1 aliphatic rings. The molecule has 2 heterocycles. The van der Waals surface area contributed by atoms with Gasteiger partial charge >= 0.3 is 6.03 Å². The molecule has 7 nitrogen and oxygen atoms in total. The Kier molecular flexibility index (Phi) is 5.56. The number of hydrogen-bond acceptors (Lipinski definition) is 5. The minimum Gasteiger partial charge on any atom is -0.335 e. The molecule has 1 aromatic heterocycles.